The molecule has 0 aliphatic carbocycles. The quantitative estimate of drug-likeness (QED) is 0.307. The molecule has 1 saturated heterocycles. The Morgan fingerprint density at radius 1 is 1.07 bits per heavy atom. The summed E-state index contributed by atoms with van der Waals surface area (Å²) in [5.41, 5.74) is 1.04. The van der Waals surface area contributed by atoms with E-state index in [-0.39, 0.29) is 27.4 Å². The van der Waals surface area contributed by atoms with Crippen molar-refractivity contribution in [2.24, 2.45) is 0 Å². The highest BCUT2D eigenvalue weighted by Gasteiger charge is 2.35. The number of nitro benzene ring substituents is 1. The van der Waals surface area contributed by atoms with Crippen molar-refractivity contribution >= 4 is 57.0 Å². The van der Waals surface area contributed by atoms with Crippen molar-refractivity contribution in [3.05, 3.63) is 91.8 Å². The Balaban J connectivity index is 1.63. The summed E-state index contributed by atoms with van der Waals surface area (Å²) in [6, 6.07) is 17.7. The molecule has 0 radical (unpaired) electrons. The fourth-order valence-electron chi connectivity index (χ4n) is 3.15. The number of thioether (sulfide) groups is 1. The van der Waals surface area contributed by atoms with Gasteiger partial charge in [-0.1, -0.05) is 60.1 Å². The summed E-state index contributed by atoms with van der Waals surface area (Å²) in [7, 11) is 0. The molecule has 0 unspecified atom stereocenters. The number of halogens is 1. The maximum absolute atomic E-state index is 12.8. The van der Waals surface area contributed by atoms with Crippen LogP contribution in [0.2, 0.25) is 5.02 Å². The third-order valence-corrected chi connectivity index (χ3v) is 5.77. The van der Waals surface area contributed by atoms with Gasteiger partial charge in [0.25, 0.3) is 16.8 Å². The number of hydrogen-bond acceptors (Lipinski definition) is 5. The second-order valence-electron chi connectivity index (χ2n) is 6.37. The molecule has 1 aliphatic heterocycles. The molecular formula is C21H13ClN2O4S. The lowest BCUT2D eigenvalue weighted by Gasteiger charge is -2.14. The van der Waals surface area contributed by atoms with Crippen LogP contribution in [-0.2, 0) is 11.3 Å². The number of carbonyl (C=O) groups excluding carboxylic acids is 2. The average Bonchev–Trinajstić information content (AvgIpc) is 2.97. The van der Waals surface area contributed by atoms with Crippen LogP contribution in [0, 0.1) is 10.1 Å². The number of carbonyl (C=O) groups is 2. The van der Waals surface area contributed by atoms with Crippen LogP contribution < -0.4 is 0 Å². The van der Waals surface area contributed by atoms with Crippen molar-refractivity contribution < 1.29 is 14.5 Å². The number of benzene rings is 3. The highest BCUT2D eigenvalue weighted by atomic mass is 35.5. The Bertz CT molecular complexity index is 1200. The van der Waals surface area contributed by atoms with Gasteiger partial charge in [0.2, 0.25) is 0 Å². The summed E-state index contributed by atoms with van der Waals surface area (Å²) in [5.74, 6) is -0.425. The first-order valence-electron chi connectivity index (χ1n) is 8.60. The molecule has 1 aliphatic rings. The standard InChI is InChI=1S/C21H13ClN2O4S/c22-17-9-8-13(10-18(17)24(27)28)11-19-20(25)23(21(26)29-19)12-15-6-3-5-14-4-1-2-7-16(14)15/h1-11H,12H2/b19-11-. The number of imide groups is 1. The van der Waals surface area contributed by atoms with Gasteiger partial charge in [0.15, 0.2) is 0 Å². The van der Waals surface area contributed by atoms with E-state index in [2.05, 4.69) is 0 Å². The first-order chi connectivity index (χ1) is 13.9. The van der Waals surface area contributed by atoms with Gasteiger partial charge in [0.1, 0.15) is 5.02 Å². The van der Waals surface area contributed by atoms with Crippen molar-refractivity contribution in [3.8, 4) is 0 Å². The monoisotopic (exact) mass is 424 g/mol. The minimum absolute atomic E-state index is 0.0104. The molecule has 3 aromatic rings. The number of nitrogens with zero attached hydrogens (tertiary/aromatic N) is 2. The van der Waals surface area contributed by atoms with E-state index in [4.69, 9.17) is 11.6 Å². The van der Waals surface area contributed by atoms with Crippen molar-refractivity contribution in [2.45, 2.75) is 6.54 Å². The molecule has 6 nitrogen and oxygen atoms in total. The third kappa shape index (κ3) is 3.74. The van der Waals surface area contributed by atoms with Crippen LogP contribution in [0.4, 0.5) is 10.5 Å². The predicted molar refractivity (Wildman–Crippen MR) is 114 cm³/mol. The van der Waals surface area contributed by atoms with Crippen LogP contribution in [-0.4, -0.2) is 21.0 Å². The number of hydrogen-bond donors (Lipinski definition) is 0. The van der Waals surface area contributed by atoms with E-state index >= 15 is 0 Å². The first kappa shape index (κ1) is 19.2. The largest absolute Gasteiger partial charge is 0.293 e. The molecule has 8 heteroatoms. The van der Waals surface area contributed by atoms with Gasteiger partial charge in [-0.3, -0.25) is 24.6 Å². The highest BCUT2D eigenvalue weighted by molar-refractivity contribution is 8.18. The second-order valence-corrected chi connectivity index (χ2v) is 7.77. The highest BCUT2D eigenvalue weighted by Crippen LogP contribution is 2.35. The molecule has 0 atom stereocenters. The molecule has 1 heterocycles. The van der Waals surface area contributed by atoms with Crippen LogP contribution in [0.1, 0.15) is 11.1 Å². The molecule has 144 valence electrons. The van der Waals surface area contributed by atoms with Gasteiger partial charge in [-0.2, -0.15) is 0 Å². The van der Waals surface area contributed by atoms with Gasteiger partial charge in [0, 0.05) is 6.07 Å². The summed E-state index contributed by atoms with van der Waals surface area (Å²) in [6.07, 6.45) is 1.47. The van der Waals surface area contributed by atoms with Gasteiger partial charge >= 0.3 is 0 Å². The number of rotatable bonds is 4. The van der Waals surface area contributed by atoms with Crippen LogP contribution in [0.3, 0.4) is 0 Å². The predicted octanol–water partition coefficient (Wildman–Crippen LogP) is 5.64. The third-order valence-electron chi connectivity index (χ3n) is 4.55. The smallest absolute Gasteiger partial charge is 0.268 e. The zero-order valence-electron chi connectivity index (χ0n) is 14.9. The summed E-state index contributed by atoms with van der Waals surface area (Å²) < 4.78 is 0. The van der Waals surface area contributed by atoms with Crippen LogP contribution >= 0.6 is 23.4 Å². The molecule has 0 N–H and O–H groups in total. The maximum atomic E-state index is 12.8. The average molecular weight is 425 g/mol. The SMILES string of the molecule is O=C1S/C(=C\c2ccc(Cl)c([N+](=O)[O-])c2)C(=O)N1Cc1cccc2ccccc12. The fraction of sp³-hybridized carbons (Fsp3) is 0.0476. The Morgan fingerprint density at radius 2 is 1.83 bits per heavy atom. The van der Waals surface area contributed by atoms with E-state index in [0.29, 0.717) is 5.56 Å². The van der Waals surface area contributed by atoms with Gasteiger partial charge in [-0.25, -0.2) is 0 Å². The van der Waals surface area contributed by atoms with Crippen LogP contribution in [0.25, 0.3) is 16.8 Å². The first-order valence-corrected chi connectivity index (χ1v) is 9.79. The van der Waals surface area contributed by atoms with Crippen molar-refractivity contribution in [3.63, 3.8) is 0 Å². The second kappa shape index (κ2) is 7.69. The molecule has 0 saturated carbocycles. The Kier molecular flexibility index (Phi) is 5.08. The van der Waals surface area contributed by atoms with Crippen molar-refractivity contribution in [1.82, 2.24) is 4.90 Å². The van der Waals surface area contributed by atoms with E-state index in [0.717, 1.165) is 28.1 Å². The number of nitro groups is 1. The Morgan fingerprint density at radius 3 is 2.62 bits per heavy atom. The minimum atomic E-state index is -0.591. The minimum Gasteiger partial charge on any atom is -0.268 e. The Labute approximate surface area is 174 Å². The van der Waals surface area contributed by atoms with Gasteiger partial charge in [0.05, 0.1) is 16.4 Å². The van der Waals surface area contributed by atoms with Crippen LogP contribution in [0.15, 0.2) is 65.6 Å². The zero-order chi connectivity index (χ0) is 20.5. The molecule has 0 aromatic heterocycles. The lowest BCUT2D eigenvalue weighted by Crippen LogP contribution is -2.27. The normalized spacial score (nSPS) is 15.5. The van der Waals surface area contributed by atoms with Gasteiger partial charge in [-0.05, 0) is 45.8 Å². The topological polar surface area (TPSA) is 80.5 Å². The number of fused-ring (bicyclic) bond motifs is 1. The van der Waals surface area contributed by atoms with E-state index < -0.39 is 10.8 Å². The Hall–Kier alpha value is -3.16. The summed E-state index contributed by atoms with van der Waals surface area (Å²) >= 11 is 6.64. The molecule has 2 amide bonds. The maximum Gasteiger partial charge on any atom is 0.293 e. The summed E-state index contributed by atoms with van der Waals surface area (Å²) in [4.78, 5) is 37.1. The van der Waals surface area contributed by atoms with Crippen LogP contribution in [0.5, 0.6) is 0 Å². The van der Waals surface area contributed by atoms with E-state index in [1.807, 2.05) is 42.5 Å². The molecule has 4 rings (SSSR count). The van der Waals surface area contributed by atoms with E-state index in [1.54, 1.807) is 6.07 Å². The molecule has 3 aromatic carbocycles. The molecular weight excluding hydrogens is 412 g/mol. The molecule has 0 bridgehead atoms. The molecule has 0 spiro atoms. The summed E-state index contributed by atoms with van der Waals surface area (Å²) in [6.45, 7) is 0.157. The van der Waals surface area contributed by atoms with E-state index in [1.165, 1.54) is 23.1 Å². The lowest BCUT2D eigenvalue weighted by atomic mass is 10.0. The fourth-order valence-corrected chi connectivity index (χ4v) is 4.17. The number of amides is 2. The summed E-state index contributed by atoms with van der Waals surface area (Å²) in [5, 5.41) is 12.7. The lowest BCUT2D eigenvalue weighted by molar-refractivity contribution is -0.384. The molecule has 29 heavy (non-hydrogen) atoms. The van der Waals surface area contributed by atoms with Gasteiger partial charge in [-0.15, -0.1) is 0 Å². The van der Waals surface area contributed by atoms with Gasteiger partial charge < -0.3 is 0 Å². The van der Waals surface area contributed by atoms with Crippen molar-refractivity contribution in [1.29, 1.82) is 0 Å². The van der Waals surface area contributed by atoms with Crippen molar-refractivity contribution in [2.75, 3.05) is 0 Å². The molecule has 1 fully saturated rings. The van der Waals surface area contributed by atoms with E-state index in [9.17, 15) is 19.7 Å². The zero-order valence-corrected chi connectivity index (χ0v) is 16.4.